The van der Waals surface area contributed by atoms with Crippen LogP contribution in [0.25, 0.3) is 21.8 Å². The minimum absolute atomic E-state index is 0. The van der Waals surface area contributed by atoms with E-state index in [1.54, 1.807) is 67.0 Å². The molecule has 246 valence electrons. The smallest absolute Gasteiger partial charge is 0.268 e. The number of alkyl halides is 1. The van der Waals surface area contributed by atoms with Crippen molar-refractivity contribution in [3.8, 4) is 0 Å². The third-order valence-electron chi connectivity index (χ3n) is 8.15. The van der Waals surface area contributed by atoms with Crippen LogP contribution in [-0.2, 0) is 31.9 Å². The van der Waals surface area contributed by atoms with Gasteiger partial charge in [-0.1, -0.05) is 76.6 Å². The molecule has 1 saturated heterocycles. The molecule has 1 aliphatic rings. The van der Waals surface area contributed by atoms with Crippen molar-refractivity contribution in [2.75, 3.05) is 26.2 Å². The summed E-state index contributed by atoms with van der Waals surface area (Å²) in [4.78, 5) is 3.03. The number of hydrogen-bond acceptors (Lipinski definition) is 6. The second kappa shape index (κ2) is 15.2. The molecule has 0 amide bonds. The lowest BCUT2D eigenvalue weighted by molar-refractivity contribution is 0.285. The molecule has 0 atom stereocenters. The fraction of sp³-hybridized carbons (Fsp3) is 0.200. The summed E-state index contributed by atoms with van der Waals surface area (Å²) >= 11 is 3.42. The summed E-state index contributed by atoms with van der Waals surface area (Å²) in [6.45, 7) is 4.98. The first kappa shape index (κ1) is 34.9. The number of benzene rings is 4. The van der Waals surface area contributed by atoms with Crippen LogP contribution in [0.1, 0.15) is 17.5 Å². The zero-order valence-corrected chi connectivity index (χ0v) is 29.6. The number of halogens is 2. The van der Waals surface area contributed by atoms with Crippen LogP contribution in [0.2, 0.25) is 0 Å². The zero-order valence-electron chi connectivity index (χ0n) is 25.6. The summed E-state index contributed by atoms with van der Waals surface area (Å²) in [5.74, 6) is 0. The van der Waals surface area contributed by atoms with Crippen molar-refractivity contribution in [2.24, 2.45) is 0 Å². The molecule has 3 heterocycles. The molecule has 0 unspecified atom stereocenters. The van der Waals surface area contributed by atoms with Crippen LogP contribution >= 0.6 is 28.3 Å². The van der Waals surface area contributed by atoms with Gasteiger partial charge in [-0.2, -0.15) is 0 Å². The molecule has 6 aromatic rings. The van der Waals surface area contributed by atoms with Crippen molar-refractivity contribution in [3.63, 3.8) is 0 Å². The van der Waals surface area contributed by atoms with Gasteiger partial charge in [0.1, 0.15) is 0 Å². The molecule has 1 aliphatic heterocycles. The van der Waals surface area contributed by atoms with Gasteiger partial charge in [0.15, 0.2) is 0 Å². The summed E-state index contributed by atoms with van der Waals surface area (Å²) in [5, 5.41) is 6.06. The maximum absolute atomic E-state index is 13.0. The average molecular weight is 756 g/mol. The molecule has 1 N–H and O–H groups in total. The van der Waals surface area contributed by atoms with Crippen molar-refractivity contribution in [3.05, 3.63) is 133 Å². The second-order valence-corrected chi connectivity index (χ2v) is 15.3. The third kappa shape index (κ3) is 7.35. The van der Waals surface area contributed by atoms with Crippen molar-refractivity contribution in [1.82, 2.24) is 18.2 Å². The first-order valence-electron chi connectivity index (χ1n) is 15.1. The average Bonchev–Trinajstić information content (AvgIpc) is 3.66. The summed E-state index contributed by atoms with van der Waals surface area (Å²) in [7, 11) is -7.13. The number of fused-ring (bicyclic) bond motifs is 2. The van der Waals surface area contributed by atoms with Gasteiger partial charge >= 0.3 is 0 Å². The summed E-state index contributed by atoms with van der Waals surface area (Å²) in [6.07, 6.45) is 4.42. The van der Waals surface area contributed by atoms with E-state index in [4.69, 9.17) is 0 Å². The Morgan fingerprint density at radius 1 is 0.596 bits per heavy atom. The van der Waals surface area contributed by atoms with Crippen LogP contribution in [0.3, 0.4) is 0 Å². The zero-order chi connectivity index (χ0) is 32.1. The fourth-order valence-electron chi connectivity index (χ4n) is 5.80. The number of rotatable bonds is 7. The standard InChI is InChI=1S/C20H23N3O2S.C15H12BrNO2S.ClH/c24-26(25,18-7-2-1-3-8-18)23-14-10-19-17(6-4-9-20(19)23)16-22-13-5-11-21-12-15-22;16-11-12-5-4-8-15-14(12)9-10-17(15)20(18,19)13-6-2-1-3-7-13;/h1-4,6-10,14,21H,5,11-13,15-16H2;1-10H,11H2;1H. The van der Waals surface area contributed by atoms with E-state index in [1.165, 1.54) is 13.5 Å². The van der Waals surface area contributed by atoms with E-state index in [-0.39, 0.29) is 12.4 Å². The van der Waals surface area contributed by atoms with Gasteiger partial charge in [0.05, 0.1) is 20.8 Å². The normalized spacial score (nSPS) is 14.2. The van der Waals surface area contributed by atoms with E-state index in [0.717, 1.165) is 61.0 Å². The van der Waals surface area contributed by atoms with Gasteiger partial charge in [-0.05, 0) is 79.2 Å². The highest BCUT2D eigenvalue weighted by Crippen LogP contribution is 2.27. The van der Waals surface area contributed by atoms with Gasteiger partial charge < -0.3 is 5.32 Å². The first-order valence-corrected chi connectivity index (χ1v) is 19.1. The molecular formula is C35H36BrClN4O4S2. The number of aromatic nitrogens is 2. The maximum Gasteiger partial charge on any atom is 0.268 e. The van der Waals surface area contributed by atoms with E-state index >= 15 is 0 Å². The highest BCUT2D eigenvalue weighted by molar-refractivity contribution is 9.08. The van der Waals surface area contributed by atoms with E-state index in [1.807, 2.05) is 48.5 Å². The first-order chi connectivity index (χ1) is 22.3. The summed E-state index contributed by atoms with van der Waals surface area (Å²) in [6, 6.07) is 32.4. The van der Waals surface area contributed by atoms with Gasteiger partial charge in [-0.3, -0.25) is 4.90 Å². The predicted molar refractivity (Wildman–Crippen MR) is 195 cm³/mol. The monoisotopic (exact) mass is 754 g/mol. The third-order valence-corrected chi connectivity index (χ3v) is 12.2. The largest absolute Gasteiger partial charge is 0.315 e. The van der Waals surface area contributed by atoms with Crippen molar-refractivity contribution >= 4 is 70.2 Å². The van der Waals surface area contributed by atoms with Gasteiger partial charge in [0.2, 0.25) is 0 Å². The van der Waals surface area contributed by atoms with Crippen LogP contribution in [0.4, 0.5) is 0 Å². The SMILES string of the molecule is Cl.O=S(=O)(c1ccccc1)n1ccc2c(CBr)cccc21.O=S(=O)(c1ccccc1)n1ccc2c(CN3CCCNCC3)cccc21. The molecule has 7 rings (SSSR count). The lowest BCUT2D eigenvalue weighted by Gasteiger charge is -2.20. The van der Waals surface area contributed by atoms with E-state index < -0.39 is 20.0 Å². The van der Waals surface area contributed by atoms with Gasteiger partial charge in [-0.25, -0.2) is 24.8 Å². The van der Waals surface area contributed by atoms with Crippen molar-refractivity contribution < 1.29 is 16.8 Å². The summed E-state index contributed by atoms with van der Waals surface area (Å²) in [5.41, 5.74) is 3.68. The molecule has 0 saturated carbocycles. The Morgan fingerprint density at radius 2 is 1.11 bits per heavy atom. The Balaban J connectivity index is 0.000000187. The van der Waals surface area contributed by atoms with E-state index in [9.17, 15) is 16.8 Å². The van der Waals surface area contributed by atoms with Crippen molar-refractivity contribution in [2.45, 2.75) is 28.1 Å². The summed E-state index contributed by atoms with van der Waals surface area (Å²) < 4.78 is 54.1. The van der Waals surface area contributed by atoms with Gasteiger partial charge in [0.25, 0.3) is 20.0 Å². The van der Waals surface area contributed by atoms with Crippen molar-refractivity contribution in [1.29, 1.82) is 0 Å². The molecule has 47 heavy (non-hydrogen) atoms. The minimum Gasteiger partial charge on any atom is -0.315 e. The Morgan fingerprint density at radius 3 is 1.64 bits per heavy atom. The van der Waals surface area contributed by atoms with Crippen LogP contribution in [0.15, 0.2) is 131 Å². The molecule has 0 spiro atoms. The Bertz CT molecular complexity index is 2160. The molecule has 0 radical (unpaired) electrons. The van der Waals surface area contributed by atoms with Crippen LogP contribution in [0.5, 0.6) is 0 Å². The fourth-order valence-corrected chi connectivity index (χ4v) is 9.02. The number of nitrogens with one attached hydrogen (secondary N) is 1. The Hall–Kier alpha value is -3.45. The molecule has 8 nitrogen and oxygen atoms in total. The highest BCUT2D eigenvalue weighted by atomic mass is 79.9. The minimum atomic E-state index is -3.58. The molecule has 4 aromatic carbocycles. The molecule has 0 aliphatic carbocycles. The quantitative estimate of drug-likeness (QED) is 0.179. The van der Waals surface area contributed by atoms with Gasteiger partial charge in [-0.15, -0.1) is 12.4 Å². The maximum atomic E-state index is 13.0. The molecule has 2 aromatic heterocycles. The second-order valence-electron chi connectivity index (χ2n) is 11.1. The topological polar surface area (TPSA) is 93.4 Å². The Kier molecular flexibility index (Phi) is 11.3. The molecule has 0 bridgehead atoms. The van der Waals surface area contributed by atoms with Crippen LogP contribution in [0, 0.1) is 0 Å². The lowest BCUT2D eigenvalue weighted by Crippen LogP contribution is -2.27. The van der Waals surface area contributed by atoms with Crippen LogP contribution < -0.4 is 5.32 Å². The Labute approximate surface area is 290 Å². The highest BCUT2D eigenvalue weighted by Gasteiger charge is 2.21. The predicted octanol–water partition coefficient (Wildman–Crippen LogP) is 6.87. The van der Waals surface area contributed by atoms with E-state index in [0.29, 0.717) is 20.6 Å². The molecule has 1 fully saturated rings. The number of nitrogens with zero attached hydrogens (tertiary/aromatic N) is 3. The molecule has 12 heteroatoms. The molecular weight excluding hydrogens is 720 g/mol. The van der Waals surface area contributed by atoms with E-state index in [2.05, 4.69) is 32.2 Å². The lowest BCUT2D eigenvalue weighted by atomic mass is 10.1. The van der Waals surface area contributed by atoms with Gasteiger partial charge in [0, 0.05) is 48.1 Å². The number of hydrogen-bond donors (Lipinski definition) is 1. The van der Waals surface area contributed by atoms with Crippen LogP contribution in [-0.4, -0.2) is 55.9 Å².